The minimum Gasteiger partial charge on any atom is -0.394 e. The average Bonchev–Trinajstić information content (AvgIpc) is 1.88. The van der Waals surface area contributed by atoms with Gasteiger partial charge in [0.2, 0.25) is 5.91 Å². The van der Waals surface area contributed by atoms with E-state index in [0.717, 1.165) is 12.8 Å². The summed E-state index contributed by atoms with van der Waals surface area (Å²) in [5.74, 6) is 0.0581. The topological polar surface area (TPSA) is 49.3 Å². The molecule has 3 nitrogen and oxygen atoms in total. The van der Waals surface area contributed by atoms with Crippen LogP contribution in [0, 0.1) is 0 Å². The van der Waals surface area contributed by atoms with Crippen LogP contribution in [0.5, 0.6) is 0 Å². The smallest absolute Gasteiger partial charge is 0.220 e. The van der Waals surface area contributed by atoms with Gasteiger partial charge in [-0.25, -0.2) is 0 Å². The van der Waals surface area contributed by atoms with Crippen molar-refractivity contribution in [1.82, 2.24) is 5.32 Å². The predicted octanol–water partition coefficient (Wildman–Crippen LogP) is 0.0375. The van der Waals surface area contributed by atoms with Gasteiger partial charge in [0.15, 0.2) is 0 Å². The Kier molecular flexibility index (Phi) is 1.94. The van der Waals surface area contributed by atoms with Crippen LogP contribution in [-0.4, -0.2) is 23.2 Å². The maximum atomic E-state index is 10.8. The molecule has 1 aliphatic heterocycles. The molecular formula is C7H13NO2. The first kappa shape index (κ1) is 7.54. The van der Waals surface area contributed by atoms with E-state index < -0.39 is 0 Å². The average molecular weight is 143 g/mol. The summed E-state index contributed by atoms with van der Waals surface area (Å²) in [6, 6.07) is 0. The van der Waals surface area contributed by atoms with Gasteiger partial charge in [-0.3, -0.25) is 4.79 Å². The van der Waals surface area contributed by atoms with Gasteiger partial charge in [0.1, 0.15) is 0 Å². The number of carbonyl (C=O) groups is 1. The van der Waals surface area contributed by atoms with Crippen LogP contribution >= 0.6 is 0 Å². The third-order valence-corrected chi connectivity index (χ3v) is 1.92. The summed E-state index contributed by atoms with van der Waals surface area (Å²) < 4.78 is 0. The zero-order valence-electron chi connectivity index (χ0n) is 6.18. The van der Waals surface area contributed by atoms with Gasteiger partial charge < -0.3 is 10.4 Å². The lowest BCUT2D eigenvalue weighted by molar-refractivity contribution is -0.125. The zero-order chi connectivity index (χ0) is 7.61. The van der Waals surface area contributed by atoms with Gasteiger partial charge in [-0.05, 0) is 19.8 Å². The summed E-state index contributed by atoms with van der Waals surface area (Å²) in [7, 11) is 0. The standard InChI is InChI=1S/C7H13NO2/c1-7(5-9)4-2-3-6(10)8-7/h9H,2-5H2,1H3,(H,8,10)/t7-/m0/s1. The Labute approximate surface area is 60.4 Å². The molecular weight excluding hydrogens is 130 g/mol. The molecule has 10 heavy (non-hydrogen) atoms. The number of carbonyl (C=O) groups excluding carboxylic acids is 1. The molecule has 0 bridgehead atoms. The van der Waals surface area contributed by atoms with Gasteiger partial charge in [-0.15, -0.1) is 0 Å². The first-order valence-electron chi connectivity index (χ1n) is 3.58. The fraction of sp³-hybridized carbons (Fsp3) is 0.857. The van der Waals surface area contributed by atoms with Crippen LogP contribution in [0.15, 0.2) is 0 Å². The van der Waals surface area contributed by atoms with E-state index in [1.165, 1.54) is 0 Å². The molecule has 0 spiro atoms. The van der Waals surface area contributed by atoms with Gasteiger partial charge >= 0.3 is 0 Å². The number of nitrogens with one attached hydrogen (secondary N) is 1. The van der Waals surface area contributed by atoms with E-state index in [0.29, 0.717) is 6.42 Å². The van der Waals surface area contributed by atoms with E-state index in [4.69, 9.17) is 5.11 Å². The van der Waals surface area contributed by atoms with Crippen molar-refractivity contribution < 1.29 is 9.90 Å². The van der Waals surface area contributed by atoms with E-state index in [1.54, 1.807) is 0 Å². The highest BCUT2D eigenvalue weighted by molar-refractivity contribution is 5.77. The van der Waals surface area contributed by atoms with Crippen LogP contribution in [-0.2, 0) is 4.79 Å². The van der Waals surface area contributed by atoms with Crippen molar-refractivity contribution >= 4 is 5.91 Å². The van der Waals surface area contributed by atoms with Crippen LogP contribution in [0.25, 0.3) is 0 Å². The molecule has 1 atom stereocenters. The van der Waals surface area contributed by atoms with E-state index in [1.807, 2.05) is 6.92 Å². The third-order valence-electron chi connectivity index (χ3n) is 1.92. The molecule has 1 rings (SSSR count). The second-order valence-electron chi connectivity index (χ2n) is 3.12. The van der Waals surface area contributed by atoms with Crippen molar-refractivity contribution in [1.29, 1.82) is 0 Å². The molecule has 0 unspecified atom stereocenters. The molecule has 0 aromatic rings. The number of amides is 1. The minimum absolute atomic E-state index is 0.0404. The van der Waals surface area contributed by atoms with Gasteiger partial charge in [0, 0.05) is 6.42 Å². The number of aliphatic hydroxyl groups excluding tert-OH is 1. The largest absolute Gasteiger partial charge is 0.394 e. The SMILES string of the molecule is C[C@@]1(CO)CCCC(=O)N1. The van der Waals surface area contributed by atoms with Crippen LogP contribution in [0.4, 0.5) is 0 Å². The fourth-order valence-electron chi connectivity index (χ4n) is 1.22. The number of hydrogen-bond acceptors (Lipinski definition) is 2. The predicted molar refractivity (Wildman–Crippen MR) is 37.5 cm³/mol. The van der Waals surface area contributed by atoms with E-state index in [2.05, 4.69) is 5.32 Å². The molecule has 1 amide bonds. The number of rotatable bonds is 1. The molecule has 2 N–H and O–H groups in total. The molecule has 0 aliphatic carbocycles. The molecule has 1 heterocycles. The maximum Gasteiger partial charge on any atom is 0.220 e. The summed E-state index contributed by atoms with van der Waals surface area (Å²) >= 11 is 0. The Morgan fingerprint density at radius 2 is 2.50 bits per heavy atom. The van der Waals surface area contributed by atoms with E-state index in [9.17, 15) is 4.79 Å². The molecule has 0 saturated carbocycles. The Hall–Kier alpha value is -0.570. The quantitative estimate of drug-likeness (QED) is 0.544. The molecule has 1 aliphatic rings. The Balaban J connectivity index is 2.53. The second kappa shape index (κ2) is 2.58. The summed E-state index contributed by atoms with van der Waals surface area (Å²) in [6.07, 6.45) is 2.38. The zero-order valence-corrected chi connectivity index (χ0v) is 6.18. The van der Waals surface area contributed by atoms with Crippen LogP contribution in [0.3, 0.4) is 0 Å². The molecule has 3 heteroatoms. The van der Waals surface area contributed by atoms with Gasteiger partial charge in [0.05, 0.1) is 12.1 Å². The number of hydrogen-bond donors (Lipinski definition) is 2. The molecule has 0 aromatic carbocycles. The van der Waals surface area contributed by atoms with Crippen molar-refractivity contribution in [3.8, 4) is 0 Å². The normalized spacial score (nSPS) is 33.6. The molecule has 1 fully saturated rings. The highest BCUT2D eigenvalue weighted by Gasteiger charge is 2.28. The molecule has 0 radical (unpaired) electrons. The first-order chi connectivity index (χ1) is 4.66. The highest BCUT2D eigenvalue weighted by Crippen LogP contribution is 2.17. The lowest BCUT2D eigenvalue weighted by atomic mass is 9.92. The van der Waals surface area contributed by atoms with Gasteiger partial charge in [0.25, 0.3) is 0 Å². The van der Waals surface area contributed by atoms with Crippen LogP contribution in [0.1, 0.15) is 26.2 Å². The van der Waals surface area contributed by atoms with Crippen molar-refractivity contribution in [2.75, 3.05) is 6.61 Å². The maximum absolute atomic E-state index is 10.8. The Bertz CT molecular complexity index is 147. The van der Waals surface area contributed by atoms with Crippen molar-refractivity contribution in [3.05, 3.63) is 0 Å². The van der Waals surface area contributed by atoms with Crippen LogP contribution < -0.4 is 5.32 Å². The van der Waals surface area contributed by atoms with Crippen molar-refractivity contribution in [3.63, 3.8) is 0 Å². The second-order valence-corrected chi connectivity index (χ2v) is 3.12. The summed E-state index contributed by atoms with van der Waals surface area (Å²) in [5.41, 5.74) is -0.352. The van der Waals surface area contributed by atoms with Crippen molar-refractivity contribution in [2.24, 2.45) is 0 Å². The lowest BCUT2D eigenvalue weighted by Crippen LogP contribution is -2.51. The third kappa shape index (κ3) is 1.48. The Morgan fingerprint density at radius 3 is 2.90 bits per heavy atom. The summed E-state index contributed by atoms with van der Waals surface area (Å²) in [5, 5.41) is 11.6. The number of piperidine rings is 1. The van der Waals surface area contributed by atoms with E-state index in [-0.39, 0.29) is 18.1 Å². The summed E-state index contributed by atoms with van der Waals surface area (Å²) in [4.78, 5) is 10.8. The number of aliphatic hydroxyl groups is 1. The highest BCUT2D eigenvalue weighted by atomic mass is 16.3. The van der Waals surface area contributed by atoms with Gasteiger partial charge in [-0.1, -0.05) is 0 Å². The lowest BCUT2D eigenvalue weighted by Gasteiger charge is -2.32. The van der Waals surface area contributed by atoms with Gasteiger partial charge in [-0.2, -0.15) is 0 Å². The molecule has 1 saturated heterocycles. The van der Waals surface area contributed by atoms with Crippen LogP contribution in [0.2, 0.25) is 0 Å². The molecule has 58 valence electrons. The molecule has 0 aromatic heterocycles. The first-order valence-corrected chi connectivity index (χ1v) is 3.58. The fourth-order valence-corrected chi connectivity index (χ4v) is 1.22. The van der Waals surface area contributed by atoms with Crippen molar-refractivity contribution in [2.45, 2.75) is 31.7 Å². The minimum atomic E-state index is -0.352. The Morgan fingerprint density at radius 1 is 1.80 bits per heavy atom. The van der Waals surface area contributed by atoms with E-state index >= 15 is 0 Å². The summed E-state index contributed by atoms with van der Waals surface area (Å²) in [6.45, 7) is 1.91. The monoisotopic (exact) mass is 143 g/mol.